The van der Waals surface area contributed by atoms with Gasteiger partial charge in [0.1, 0.15) is 5.75 Å². The minimum Gasteiger partial charge on any atom is -0.494 e. The zero-order valence-corrected chi connectivity index (χ0v) is 13.6. The first-order valence-electron chi connectivity index (χ1n) is 7.92. The third kappa shape index (κ3) is 4.23. The Morgan fingerprint density at radius 1 is 1.17 bits per heavy atom. The predicted octanol–water partition coefficient (Wildman–Crippen LogP) is 3.78. The molecule has 0 spiro atoms. The van der Waals surface area contributed by atoms with Gasteiger partial charge in [0.25, 0.3) is 0 Å². The Morgan fingerprint density at radius 3 is 2.79 bits per heavy atom. The summed E-state index contributed by atoms with van der Waals surface area (Å²) >= 11 is 0. The van der Waals surface area contributed by atoms with Crippen LogP contribution in [-0.4, -0.2) is 22.6 Å². The molecule has 24 heavy (non-hydrogen) atoms. The van der Waals surface area contributed by atoms with Crippen molar-refractivity contribution in [3.8, 4) is 5.75 Å². The molecule has 0 aliphatic rings. The van der Waals surface area contributed by atoms with Crippen LogP contribution in [-0.2, 0) is 6.54 Å². The molecule has 0 saturated carbocycles. The van der Waals surface area contributed by atoms with Gasteiger partial charge in [0, 0.05) is 18.0 Å². The fourth-order valence-corrected chi connectivity index (χ4v) is 2.36. The summed E-state index contributed by atoms with van der Waals surface area (Å²) in [7, 11) is 0. The third-order valence-electron chi connectivity index (χ3n) is 3.46. The molecule has 0 atom stereocenters. The zero-order chi connectivity index (χ0) is 16.6. The Labute approximate surface area is 141 Å². The van der Waals surface area contributed by atoms with Crippen LogP contribution in [0.3, 0.4) is 0 Å². The fraction of sp³-hybridized carbons (Fsp3) is 0.158. The molecule has 0 amide bonds. The van der Waals surface area contributed by atoms with Gasteiger partial charge in [-0.15, -0.1) is 0 Å². The molecule has 3 rings (SSSR count). The quantitative estimate of drug-likeness (QED) is 0.532. The van der Waals surface area contributed by atoms with Crippen LogP contribution in [0.25, 0.3) is 0 Å². The molecule has 0 unspecified atom stereocenters. The Balaban J connectivity index is 1.76. The van der Waals surface area contributed by atoms with Crippen LogP contribution in [0.5, 0.6) is 5.75 Å². The van der Waals surface area contributed by atoms with Gasteiger partial charge in [-0.3, -0.25) is 10.1 Å². The zero-order valence-electron chi connectivity index (χ0n) is 13.6. The summed E-state index contributed by atoms with van der Waals surface area (Å²) < 4.78 is 7.59. The Bertz CT molecular complexity index is 782. The number of hydrogen-bond donors (Lipinski definition) is 1. The van der Waals surface area contributed by atoms with Gasteiger partial charge in [-0.2, -0.15) is 10.2 Å². The van der Waals surface area contributed by atoms with E-state index in [4.69, 9.17) is 4.74 Å². The molecular weight excluding hydrogens is 300 g/mol. The summed E-state index contributed by atoms with van der Waals surface area (Å²) in [5.41, 5.74) is 6.05. The number of para-hydroxylation sites is 1. The van der Waals surface area contributed by atoms with Gasteiger partial charge in [0.2, 0.25) is 0 Å². The van der Waals surface area contributed by atoms with E-state index < -0.39 is 0 Å². The molecule has 122 valence electrons. The minimum atomic E-state index is 0.634. The summed E-state index contributed by atoms with van der Waals surface area (Å²) in [6, 6.07) is 17.8. The number of aromatic nitrogens is 2. The van der Waals surface area contributed by atoms with Crippen molar-refractivity contribution in [2.75, 3.05) is 12.0 Å². The molecular formula is C19H20N4O. The predicted molar refractivity (Wildman–Crippen MR) is 96.6 cm³/mol. The largest absolute Gasteiger partial charge is 0.494 e. The molecule has 5 heteroatoms. The van der Waals surface area contributed by atoms with E-state index in [0.717, 1.165) is 22.6 Å². The Hall–Kier alpha value is -3.08. The van der Waals surface area contributed by atoms with Gasteiger partial charge >= 0.3 is 0 Å². The number of ether oxygens (including phenoxy) is 1. The van der Waals surface area contributed by atoms with Crippen LogP contribution in [0.1, 0.15) is 18.1 Å². The van der Waals surface area contributed by atoms with Crippen LogP contribution < -0.4 is 10.2 Å². The van der Waals surface area contributed by atoms with E-state index in [0.29, 0.717) is 13.2 Å². The number of hydrazone groups is 1. The summed E-state index contributed by atoms with van der Waals surface area (Å²) in [6.07, 6.45) is 5.51. The molecule has 2 aromatic carbocycles. The molecule has 5 nitrogen and oxygen atoms in total. The lowest BCUT2D eigenvalue weighted by Crippen LogP contribution is -2.04. The summed E-state index contributed by atoms with van der Waals surface area (Å²) in [5, 5.41) is 8.55. The van der Waals surface area contributed by atoms with Crippen LogP contribution >= 0.6 is 0 Å². The van der Waals surface area contributed by atoms with E-state index in [1.807, 2.05) is 66.3 Å². The first-order valence-corrected chi connectivity index (χ1v) is 7.92. The average Bonchev–Trinajstić information content (AvgIpc) is 3.11. The number of anilines is 1. The molecule has 0 aliphatic carbocycles. The SMILES string of the molecule is CCOc1ccc(C=NNc2ccccc2)cc1Cn1cccn1. The monoisotopic (exact) mass is 320 g/mol. The van der Waals surface area contributed by atoms with E-state index >= 15 is 0 Å². The summed E-state index contributed by atoms with van der Waals surface area (Å²) in [4.78, 5) is 0. The Morgan fingerprint density at radius 2 is 2.04 bits per heavy atom. The van der Waals surface area contributed by atoms with Crippen molar-refractivity contribution in [1.82, 2.24) is 9.78 Å². The summed E-state index contributed by atoms with van der Waals surface area (Å²) in [5.74, 6) is 0.876. The molecule has 0 fully saturated rings. The minimum absolute atomic E-state index is 0.634. The van der Waals surface area contributed by atoms with Crippen molar-refractivity contribution in [3.63, 3.8) is 0 Å². The molecule has 3 aromatic rings. The van der Waals surface area contributed by atoms with E-state index in [-0.39, 0.29) is 0 Å². The van der Waals surface area contributed by atoms with Gasteiger partial charge in [-0.25, -0.2) is 0 Å². The van der Waals surface area contributed by atoms with Crippen molar-refractivity contribution in [3.05, 3.63) is 78.1 Å². The van der Waals surface area contributed by atoms with Crippen LogP contribution in [0.4, 0.5) is 5.69 Å². The summed E-state index contributed by atoms with van der Waals surface area (Å²) in [6.45, 7) is 3.28. The number of benzene rings is 2. The second kappa shape index (κ2) is 7.97. The van der Waals surface area contributed by atoms with Gasteiger partial charge in [0.05, 0.1) is 25.1 Å². The van der Waals surface area contributed by atoms with E-state index in [1.54, 1.807) is 12.4 Å². The van der Waals surface area contributed by atoms with Gasteiger partial charge in [-0.1, -0.05) is 18.2 Å². The second-order valence-electron chi connectivity index (χ2n) is 5.24. The van der Waals surface area contributed by atoms with Crippen molar-refractivity contribution >= 4 is 11.9 Å². The Kier molecular flexibility index (Phi) is 5.24. The number of nitrogens with one attached hydrogen (secondary N) is 1. The molecule has 1 N–H and O–H groups in total. The van der Waals surface area contributed by atoms with Crippen LogP contribution in [0.15, 0.2) is 72.1 Å². The highest BCUT2D eigenvalue weighted by Gasteiger charge is 2.06. The van der Waals surface area contributed by atoms with Gasteiger partial charge in [-0.05, 0) is 48.9 Å². The van der Waals surface area contributed by atoms with Crippen LogP contribution in [0.2, 0.25) is 0 Å². The smallest absolute Gasteiger partial charge is 0.124 e. The molecule has 0 saturated heterocycles. The lowest BCUT2D eigenvalue weighted by Gasteiger charge is -2.11. The number of nitrogens with zero attached hydrogens (tertiary/aromatic N) is 3. The van der Waals surface area contributed by atoms with Crippen molar-refractivity contribution < 1.29 is 4.74 Å². The first-order chi connectivity index (χ1) is 11.8. The maximum Gasteiger partial charge on any atom is 0.124 e. The van der Waals surface area contributed by atoms with E-state index in [2.05, 4.69) is 21.7 Å². The average molecular weight is 320 g/mol. The topological polar surface area (TPSA) is 51.4 Å². The van der Waals surface area contributed by atoms with E-state index in [1.165, 1.54) is 0 Å². The fourth-order valence-electron chi connectivity index (χ4n) is 2.36. The van der Waals surface area contributed by atoms with Crippen molar-refractivity contribution in [2.24, 2.45) is 5.10 Å². The molecule has 0 aliphatic heterocycles. The van der Waals surface area contributed by atoms with Crippen molar-refractivity contribution in [1.29, 1.82) is 0 Å². The highest BCUT2D eigenvalue weighted by Crippen LogP contribution is 2.21. The highest BCUT2D eigenvalue weighted by atomic mass is 16.5. The number of hydrogen-bond acceptors (Lipinski definition) is 4. The molecule has 0 bridgehead atoms. The maximum absolute atomic E-state index is 5.71. The maximum atomic E-state index is 5.71. The van der Waals surface area contributed by atoms with E-state index in [9.17, 15) is 0 Å². The highest BCUT2D eigenvalue weighted by molar-refractivity contribution is 5.81. The normalized spacial score (nSPS) is 10.9. The van der Waals surface area contributed by atoms with Crippen molar-refractivity contribution in [2.45, 2.75) is 13.5 Å². The molecule has 1 heterocycles. The lowest BCUT2D eigenvalue weighted by atomic mass is 10.1. The van der Waals surface area contributed by atoms with Gasteiger partial charge in [0.15, 0.2) is 0 Å². The molecule has 1 aromatic heterocycles. The van der Waals surface area contributed by atoms with Gasteiger partial charge < -0.3 is 4.74 Å². The lowest BCUT2D eigenvalue weighted by molar-refractivity contribution is 0.335. The standard InChI is InChI=1S/C19H20N4O/c1-2-24-19-10-9-16(13-17(19)15-23-12-6-11-21-23)14-20-22-18-7-4-3-5-8-18/h3-14,22H,2,15H2,1H3. The third-order valence-corrected chi connectivity index (χ3v) is 3.46. The van der Waals surface area contributed by atoms with Crippen LogP contribution in [0, 0.1) is 0 Å². The first kappa shape index (κ1) is 15.8. The molecule has 0 radical (unpaired) electrons. The second-order valence-corrected chi connectivity index (χ2v) is 5.24. The number of rotatable bonds is 7.